The van der Waals surface area contributed by atoms with Crippen LogP contribution in [0.15, 0.2) is 30.5 Å². The van der Waals surface area contributed by atoms with Gasteiger partial charge in [0, 0.05) is 11.8 Å². The molecule has 0 aliphatic rings. The van der Waals surface area contributed by atoms with Gasteiger partial charge in [0.1, 0.15) is 5.75 Å². The summed E-state index contributed by atoms with van der Waals surface area (Å²) in [7, 11) is 0. The van der Waals surface area contributed by atoms with Gasteiger partial charge in [-0.05, 0) is 24.6 Å². The molecule has 1 aromatic heterocycles. The molecule has 76 valence electrons. The van der Waals surface area contributed by atoms with Crippen LogP contribution in [0.5, 0.6) is 5.75 Å². The number of hydrogen-bond donors (Lipinski definition) is 2. The molecular formula is C11H11N3O. The summed E-state index contributed by atoms with van der Waals surface area (Å²) >= 11 is 0. The Labute approximate surface area is 87.4 Å². The van der Waals surface area contributed by atoms with Crippen molar-refractivity contribution < 1.29 is 5.11 Å². The van der Waals surface area contributed by atoms with Crippen molar-refractivity contribution in [2.45, 2.75) is 6.92 Å². The summed E-state index contributed by atoms with van der Waals surface area (Å²) in [6.07, 6.45) is 1.66. The van der Waals surface area contributed by atoms with Gasteiger partial charge in [-0.25, -0.2) is 9.97 Å². The van der Waals surface area contributed by atoms with Gasteiger partial charge >= 0.3 is 0 Å². The number of phenols is 1. The Hall–Kier alpha value is -2.10. The molecule has 4 heteroatoms. The lowest BCUT2D eigenvalue weighted by molar-refractivity contribution is 0.475. The smallest absolute Gasteiger partial charge is 0.220 e. The van der Waals surface area contributed by atoms with Gasteiger partial charge in [0.2, 0.25) is 5.95 Å². The lowest BCUT2D eigenvalue weighted by Gasteiger charge is -2.05. The molecule has 2 rings (SSSR count). The van der Waals surface area contributed by atoms with Gasteiger partial charge in [-0.1, -0.05) is 12.1 Å². The number of rotatable bonds is 1. The highest BCUT2D eigenvalue weighted by Crippen LogP contribution is 2.24. The molecule has 1 heterocycles. The van der Waals surface area contributed by atoms with Crippen LogP contribution in [-0.2, 0) is 0 Å². The summed E-state index contributed by atoms with van der Waals surface area (Å²) in [6.45, 7) is 1.86. The van der Waals surface area contributed by atoms with Crippen molar-refractivity contribution >= 4 is 5.95 Å². The van der Waals surface area contributed by atoms with E-state index in [-0.39, 0.29) is 11.7 Å². The van der Waals surface area contributed by atoms with Crippen molar-refractivity contribution in [3.05, 3.63) is 36.2 Å². The molecule has 0 saturated heterocycles. The molecule has 0 radical (unpaired) electrons. The van der Waals surface area contributed by atoms with E-state index in [2.05, 4.69) is 9.97 Å². The molecule has 0 aliphatic heterocycles. The number of aromatic hydroxyl groups is 1. The first-order valence-electron chi connectivity index (χ1n) is 4.55. The van der Waals surface area contributed by atoms with E-state index in [1.54, 1.807) is 24.4 Å². The summed E-state index contributed by atoms with van der Waals surface area (Å²) in [5, 5.41) is 9.35. The molecule has 0 aliphatic carbocycles. The maximum Gasteiger partial charge on any atom is 0.220 e. The average Bonchev–Trinajstić information content (AvgIpc) is 2.17. The summed E-state index contributed by atoms with van der Waals surface area (Å²) in [4.78, 5) is 8.00. The fourth-order valence-electron chi connectivity index (χ4n) is 1.44. The van der Waals surface area contributed by atoms with Crippen LogP contribution in [0.1, 0.15) is 5.69 Å². The molecule has 1 aromatic carbocycles. The summed E-state index contributed by atoms with van der Waals surface area (Å²) in [6, 6.07) is 6.96. The zero-order valence-electron chi connectivity index (χ0n) is 8.31. The monoisotopic (exact) mass is 201 g/mol. The summed E-state index contributed by atoms with van der Waals surface area (Å²) in [5.41, 5.74) is 8.02. The van der Waals surface area contributed by atoms with Crippen LogP contribution in [0.25, 0.3) is 11.1 Å². The first-order valence-corrected chi connectivity index (χ1v) is 4.55. The van der Waals surface area contributed by atoms with Crippen molar-refractivity contribution in [2.24, 2.45) is 0 Å². The Morgan fingerprint density at radius 2 is 2.13 bits per heavy atom. The second-order valence-electron chi connectivity index (χ2n) is 3.28. The number of benzene rings is 1. The molecule has 0 unspecified atom stereocenters. The number of nitrogens with zero attached hydrogens (tertiary/aromatic N) is 2. The van der Waals surface area contributed by atoms with E-state index in [1.807, 2.05) is 13.0 Å². The number of phenolic OH excluding ortho intramolecular Hbond substituents is 1. The van der Waals surface area contributed by atoms with E-state index in [0.717, 1.165) is 16.8 Å². The number of hydrogen-bond acceptors (Lipinski definition) is 4. The maximum absolute atomic E-state index is 9.35. The Bertz CT molecular complexity index is 497. The van der Waals surface area contributed by atoms with Gasteiger partial charge < -0.3 is 10.8 Å². The van der Waals surface area contributed by atoms with E-state index in [4.69, 9.17) is 5.73 Å². The minimum Gasteiger partial charge on any atom is -0.508 e. The van der Waals surface area contributed by atoms with Gasteiger partial charge in [0.25, 0.3) is 0 Å². The quantitative estimate of drug-likeness (QED) is 0.737. The normalized spacial score (nSPS) is 10.2. The van der Waals surface area contributed by atoms with Crippen LogP contribution in [0, 0.1) is 6.92 Å². The van der Waals surface area contributed by atoms with Crippen LogP contribution in [0.2, 0.25) is 0 Å². The number of aryl methyl sites for hydroxylation is 1. The van der Waals surface area contributed by atoms with E-state index in [0.29, 0.717) is 0 Å². The van der Waals surface area contributed by atoms with Crippen LogP contribution in [0.3, 0.4) is 0 Å². The Morgan fingerprint density at radius 1 is 1.33 bits per heavy atom. The zero-order chi connectivity index (χ0) is 10.8. The van der Waals surface area contributed by atoms with Crippen LogP contribution < -0.4 is 5.73 Å². The predicted molar refractivity (Wildman–Crippen MR) is 58.3 cm³/mol. The van der Waals surface area contributed by atoms with Crippen molar-refractivity contribution in [1.82, 2.24) is 9.97 Å². The largest absolute Gasteiger partial charge is 0.508 e. The number of nitrogens with two attached hydrogens (primary N) is 1. The minimum atomic E-state index is 0.226. The molecule has 0 spiro atoms. The van der Waals surface area contributed by atoms with Crippen molar-refractivity contribution in [3.8, 4) is 16.9 Å². The van der Waals surface area contributed by atoms with E-state index in [9.17, 15) is 5.11 Å². The summed E-state index contributed by atoms with van der Waals surface area (Å²) in [5.74, 6) is 0.486. The van der Waals surface area contributed by atoms with Gasteiger partial charge in [-0.2, -0.15) is 0 Å². The van der Waals surface area contributed by atoms with Crippen molar-refractivity contribution in [1.29, 1.82) is 0 Å². The third-order valence-corrected chi connectivity index (χ3v) is 2.16. The second kappa shape index (κ2) is 3.57. The van der Waals surface area contributed by atoms with Crippen LogP contribution in [-0.4, -0.2) is 15.1 Å². The topological polar surface area (TPSA) is 72.0 Å². The fraction of sp³-hybridized carbons (Fsp3) is 0.0909. The summed E-state index contributed by atoms with van der Waals surface area (Å²) < 4.78 is 0. The van der Waals surface area contributed by atoms with E-state index in [1.165, 1.54) is 0 Å². The molecular weight excluding hydrogens is 190 g/mol. The number of aromatic nitrogens is 2. The highest BCUT2D eigenvalue weighted by molar-refractivity contribution is 5.66. The molecule has 4 nitrogen and oxygen atoms in total. The Balaban J connectivity index is 2.54. The lowest BCUT2D eigenvalue weighted by atomic mass is 10.1. The van der Waals surface area contributed by atoms with Gasteiger partial charge in [-0.3, -0.25) is 0 Å². The van der Waals surface area contributed by atoms with Gasteiger partial charge in [0.05, 0.1) is 5.69 Å². The molecule has 0 saturated carbocycles. The molecule has 0 bridgehead atoms. The predicted octanol–water partition coefficient (Wildman–Crippen LogP) is 1.74. The zero-order valence-corrected chi connectivity index (χ0v) is 8.31. The minimum absolute atomic E-state index is 0.226. The average molecular weight is 201 g/mol. The van der Waals surface area contributed by atoms with E-state index >= 15 is 0 Å². The second-order valence-corrected chi connectivity index (χ2v) is 3.28. The molecule has 15 heavy (non-hydrogen) atoms. The SMILES string of the molecule is Cc1nc(N)ncc1-c1cccc(O)c1. The molecule has 0 amide bonds. The highest BCUT2D eigenvalue weighted by atomic mass is 16.3. The van der Waals surface area contributed by atoms with Crippen molar-refractivity contribution in [2.75, 3.05) is 5.73 Å². The van der Waals surface area contributed by atoms with Gasteiger partial charge in [-0.15, -0.1) is 0 Å². The molecule has 2 aromatic rings. The van der Waals surface area contributed by atoms with Crippen LogP contribution in [0.4, 0.5) is 5.95 Å². The number of anilines is 1. The standard InChI is InChI=1S/C11H11N3O/c1-7-10(6-13-11(12)14-7)8-3-2-4-9(15)5-8/h2-6,15H,1H3,(H2,12,13,14). The first kappa shape index (κ1) is 9.45. The first-order chi connectivity index (χ1) is 7.16. The molecule has 0 fully saturated rings. The third-order valence-electron chi connectivity index (χ3n) is 2.16. The molecule has 3 N–H and O–H groups in total. The third kappa shape index (κ3) is 1.88. The van der Waals surface area contributed by atoms with Gasteiger partial charge in [0.15, 0.2) is 0 Å². The van der Waals surface area contributed by atoms with Crippen molar-refractivity contribution in [3.63, 3.8) is 0 Å². The fourth-order valence-corrected chi connectivity index (χ4v) is 1.44. The molecule has 0 atom stereocenters. The van der Waals surface area contributed by atoms with Crippen LogP contribution >= 0.6 is 0 Å². The Morgan fingerprint density at radius 3 is 2.80 bits per heavy atom. The highest BCUT2D eigenvalue weighted by Gasteiger charge is 2.04. The Kier molecular flexibility index (Phi) is 2.25. The maximum atomic E-state index is 9.35. The lowest BCUT2D eigenvalue weighted by Crippen LogP contribution is -1.97. The number of nitrogen functional groups attached to an aromatic ring is 1. The van der Waals surface area contributed by atoms with E-state index < -0.39 is 0 Å².